The highest BCUT2D eigenvalue weighted by Crippen LogP contribution is 2.37. The lowest BCUT2D eigenvalue weighted by molar-refractivity contribution is -0.140. The molecule has 0 heterocycles. The molecule has 0 fully saturated rings. The Morgan fingerprint density at radius 1 is 1.09 bits per heavy atom. The van der Waals surface area contributed by atoms with Gasteiger partial charge in [-0.3, -0.25) is 13.9 Å². The molecular weight excluding hydrogens is 530 g/mol. The van der Waals surface area contributed by atoms with E-state index in [4.69, 9.17) is 23.2 Å². The zero-order valence-electron chi connectivity index (χ0n) is 19.1. The Balaban J connectivity index is 2.50. The summed E-state index contributed by atoms with van der Waals surface area (Å²) in [6, 6.07) is 8.06. The Kier molecular flexibility index (Phi) is 9.43. The Morgan fingerprint density at radius 2 is 1.69 bits per heavy atom. The molecule has 1 atom stereocenters. The van der Waals surface area contributed by atoms with E-state index in [-0.39, 0.29) is 13.0 Å². The van der Waals surface area contributed by atoms with Gasteiger partial charge in [0.2, 0.25) is 21.8 Å². The first kappa shape index (κ1) is 28.7. The predicted molar refractivity (Wildman–Crippen MR) is 129 cm³/mol. The molecule has 0 radical (unpaired) electrons. The van der Waals surface area contributed by atoms with Crippen molar-refractivity contribution < 1.29 is 31.2 Å². The third-order valence-electron chi connectivity index (χ3n) is 5.12. The first-order chi connectivity index (χ1) is 16.2. The van der Waals surface area contributed by atoms with Crippen LogP contribution in [0.25, 0.3) is 0 Å². The van der Waals surface area contributed by atoms with Gasteiger partial charge in [-0.25, -0.2) is 8.42 Å². The molecule has 192 valence electrons. The molecule has 0 saturated carbocycles. The number of benzene rings is 2. The molecule has 0 aliphatic heterocycles. The van der Waals surface area contributed by atoms with E-state index < -0.39 is 56.9 Å². The van der Waals surface area contributed by atoms with Gasteiger partial charge in [0, 0.05) is 18.6 Å². The molecule has 2 aromatic rings. The van der Waals surface area contributed by atoms with E-state index in [9.17, 15) is 31.2 Å². The summed E-state index contributed by atoms with van der Waals surface area (Å²) in [4.78, 5) is 27.0. The molecule has 2 aromatic carbocycles. The number of carbonyl (C=O) groups is 2. The monoisotopic (exact) mass is 553 g/mol. The molecule has 1 N–H and O–H groups in total. The number of rotatable bonds is 9. The Bertz CT molecular complexity index is 1180. The molecule has 0 aliphatic carbocycles. The van der Waals surface area contributed by atoms with E-state index in [1.54, 1.807) is 31.2 Å². The van der Waals surface area contributed by atoms with Gasteiger partial charge in [-0.15, -0.1) is 0 Å². The van der Waals surface area contributed by atoms with Crippen LogP contribution < -0.4 is 9.62 Å². The zero-order valence-corrected chi connectivity index (χ0v) is 21.4. The van der Waals surface area contributed by atoms with Crippen LogP contribution in [0.5, 0.6) is 0 Å². The van der Waals surface area contributed by atoms with E-state index in [1.165, 1.54) is 11.9 Å². The molecule has 0 saturated heterocycles. The van der Waals surface area contributed by atoms with Crippen LogP contribution in [-0.4, -0.2) is 51.0 Å². The molecule has 7 nitrogen and oxygen atoms in total. The standard InChI is InChI=1S/C22H24Cl2F3N3O4S/c1-4-19(21(32)28-2)29(12-14-5-7-15(23)8-6-14)20(31)13-30(35(3,33)34)16-9-10-18(24)17(11-16)22(25,26)27/h5-11,19H,4,12-13H2,1-3H3,(H,28,32)/t19-/m0/s1. The van der Waals surface area contributed by atoms with Crippen molar-refractivity contribution in [2.45, 2.75) is 32.1 Å². The molecule has 13 heteroatoms. The molecular formula is C22H24Cl2F3N3O4S. The molecule has 35 heavy (non-hydrogen) atoms. The Labute approximate surface area is 211 Å². The highest BCUT2D eigenvalue weighted by molar-refractivity contribution is 7.92. The summed E-state index contributed by atoms with van der Waals surface area (Å²) in [5.41, 5.74) is -1.02. The summed E-state index contributed by atoms with van der Waals surface area (Å²) in [6.45, 7) is 0.776. The predicted octanol–water partition coefficient (Wildman–Crippen LogP) is 4.33. The summed E-state index contributed by atoms with van der Waals surface area (Å²) in [5.74, 6) is -1.27. The SMILES string of the molecule is CC[C@@H](C(=O)NC)N(Cc1ccc(Cl)cc1)C(=O)CN(c1ccc(Cl)c(C(F)(F)F)c1)S(C)(=O)=O. The van der Waals surface area contributed by atoms with Crippen molar-refractivity contribution in [2.24, 2.45) is 0 Å². The molecule has 2 amide bonds. The summed E-state index contributed by atoms with van der Waals surface area (Å²) in [7, 11) is -2.81. The maximum Gasteiger partial charge on any atom is 0.417 e. The summed E-state index contributed by atoms with van der Waals surface area (Å²) in [6.07, 6.45) is -3.87. The molecule has 0 unspecified atom stereocenters. The van der Waals surface area contributed by atoms with Gasteiger partial charge in [0.1, 0.15) is 12.6 Å². The average molecular weight is 554 g/mol. The van der Waals surface area contributed by atoms with Crippen LogP contribution >= 0.6 is 23.2 Å². The second-order valence-corrected chi connectivity index (χ2v) is 10.4. The number of carbonyl (C=O) groups excluding carboxylic acids is 2. The number of nitrogens with zero attached hydrogens (tertiary/aromatic N) is 2. The third kappa shape index (κ3) is 7.49. The van der Waals surface area contributed by atoms with Gasteiger partial charge in [0.15, 0.2) is 0 Å². The number of sulfonamides is 1. The van der Waals surface area contributed by atoms with Gasteiger partial charge in [-0.1, -0.05) is 42.3 Å². The number of alkyl halides is 3. The van der Waals surface area contributed by atoms with Crippen LogP contribution in [0.3, 0.4) is 0 Å². The number of anilines is 1. The Morgan fingerprint density at radius 3 is 2.17 bits per heavy atom. The van der Waals surface area contributed by atoms with Gasteiger partial charge < -0.3 is 10.2 Å². The van der Waals surface area contributed by atoms with Gasteiger partial charge >= 0.3 is 6.18 Å². The highest BCUT2D eigenvalue weighted by atomic mass is 35.5. The van der Waals surface area contributed by atoms with E-state index in [0.717, 1.165) is 18.4 Å². The quantitative estimate of drug-likeness (QED) is 0.500. The van der Waals surface area contributed by atoms with Crippen molar-refractivity contribution in [3.05, 3.63) is 63.6 Å². The first-order valence-corrected chi connectivity index (χ1v) is 12.9. The smallest absolute Gasteiger partial charge is 0.357 e. The lowest BCUT2D eigenvalue weighted by atomic mass is 10.1. The van der Waals surface area contributed by atoms with Crippen molar-refractivity contribution in [2.75, 3.05) is 24.2 Å². The highest BCUT2D eigenvalue weighted by Gasteiger charge is 2.36. The number of hydrogen-bond donors (Lipinski definition) is 1. The van der Waals surface area contributed by atoms with Crippen LogP contribution in [0.4, 0.5) is 18.9 Å². The third-order valence-corrected chi connectivity index (χ3v) is 6.84. The second-order valence-electron chi connectivity index (χ2n) is 7.62. The van der Waals surface area contributed by atoms with E-state index in [0.29, 0.717) is 21.0 Å². The molecule has 0 bridgehead atoms. The maximum absolute atomic E-state index is 13.4. The number of halogens is 5. The number of amides is 2. The van der Waals surface area contributed by atoms with Gasteiger partial charge in [0.05, 0.1) is 22.5 Å². The van der Waals surface area contributed by atoms with Crippen molar-refractivity contribution in [3.63, 3.8) is 0 Å². The fourth-order valence-corrected chi connectivity index (χ4v) is 4.56. The van der Waals surface area contributed by atoms with Crippen LogP contribution in [0.15, 0.2) is 42.5 Å². The van der Waals surface area contributed by atoms with Crippen molar-refractivity contribution >= 4 is 50.7 Å². The van der Waals surface area contributed by atoms with Gasteiger partial charge in [-0.05, 0) is 42.3 Å². The fourth-order valence-electron chi connectivity index (χ4n) is 3.37. The van der Waals surface area contributed by atoms with Crippen molar-refractivity contribution in [1.82, 2.24) is 10.2 Å². The molecule has 0 spiro atoms. The topological polar surface area (TPSA) is 86.8 Å². The first-order valence-electron chi connectivity index (χ1n) is 10.3. The summed E-state index contributed by atoms with van der Waals surface area (Å²) in [5, 5.41) is 2.31. The van der Waals surface area contributed by atoms with E-state index >= 15 is 0 Å². The minimum absolute atomic E-state index is 0.0616. The summed E-state index contributed by atoms with van der Waals surface area (Å²) < 4.78 is 65.6. The van der Waals surface area contributed by atoms with E-state index in [2.05, 4.69) is 5.32 Å². The maximum atomic E-state index is 13.4. The molecule has 0 aliphatic rings. The van der Waals surface area contributed by atoms with Gasteiger partial charge in [0.25, 0.3) is 0 Å². The average Bonchev–Trinajstić information content (AvgIpc) is 2.77. The Hall–Kier alpha value is -2.50. The van der Waals surface area contributed by atoms with E-state index in [1.807, 2.05) is 0 Å². The van der Waals surface area contributed by atoms with Crippen molar-refractivity contribution in [1.29, 1.82) is 0 Å². The van der Waals surface area contributed by atoms with Crippen molar-refractivity contribution in [3.8, 4) is 0 Å². The van der Waals surface area contributed by atoms with Gasteiger partial charge in [-0.2, -0.15) is 13.2 Å². The lowest BCUT2D eigenvalue weighted by Crippen LogP contribution is -2.51. The second kappa shape index (κ2) is 11.5. The number of hydrogen-bond acceptors (Lipinski definition) is 4. The van der Waals surface area contributed by atoms with Crippen LogP contribution in [-0.2, 0) is 32.3 Å². The lowest BCUT2D eigenvalue weighted by Gasteiger charge is -2.32. The summed E-state index contributed by atoms with van der Waals surface area (Å²) >= 11 is 11.6. The number of nitrogens with one attached hydrogen (secondary N) is 1. The van der Waals surface area contributed by atoms with Crippen LogP contribution in [0, 0.1) is 0 Å². The minimum Gasteiger partial charge on any atom is -0.357 e. The fraction of sp³-hybridized carbons (Fsp3) is 0.364. The molecule has 2 rings (SSSR count). The zero-order chi connectivity index (χ0) is 26.6. The van der Waals surface area contributed by atoms with Crippen LogP contribution in [0.1, 0.15) is 24.5 Å². The van der Waals surface area contributed by atoms with Crippen LogP contribution in [0.2, 0.25) is 10.0 Å². The normalized spacial score (nSPS) is 12.7. The molecule has 0 aromatic heterocycles. The number of likely N-dealkylation sites (N-methyl/N-ethyl adjacent to an activating group) is 1. The largest absolute Gasteiger partial charge is 0.417 e. The minimum atomic E-state index is -4.84.